The summed E-state index contributed by atoms with van der Waals surface area (Å²) < 4.78 is 7.05. The van der Waals surface area contributed by atoms with Gasteiger partial charge in [0.05, 0.1) is 36.5 Å². The lowest BCUT2D eigenvalue weighted by Crippen LogP contribution is -2.40. The Labute approximate surface area is 163 Å². The van der Waals surface area contributed by atoms with Crippen LogP contribution in [0.15, 0.2) is 30.5 Å². The van der Waals surface area contributed by atoms with E-state index in [0.717, 1.165) is 48.1 Å². The number of likely N-dealkylation sites (tertiary alicyclic amines) is 1. The molecule has 8 nitrogen and oxygen atoms in total. The molecule has 0 saturated carbocycles. The van der Waals surface area contributed by atoms with E-state index in [1.807, 2.05) is 37.5 Å². The Morgan fingerprint density at radius 1 is 1.18 bits per heavy atom. The maximum atomic E-state index is 12.5. The SMILES string of the molecule is COC1CCN(CC(=O)Cc2cc3cc(-c4cn(C)nn4)ccc3nn2)CC1. The molecule has 4 rings (SSSR count). The third-order valence-corrected chi connectivity index (χ3v) is 5.18. The maximum absolute atomic E-state index is 12.5. The highest BCUT2D eigenvalue weighted by Gasteiger charge is 2.20. The van der Waals surface area contributed by atoms with Crippen LogP contribution in [0.2, 0.25) is 0 Å². The number of piperidine rings is 1. The van der Waals surface area contributed by atoms with Gasteiger partial charge in [0.1, 0.15) is 5.69 Å². The minimum Gasteiger partial charge on any atom is -0.381 e. The Morgan fingerprint density at radius 2 is 2.00 bits per heavy atom. The Bertz CT molecular complexity index is 978. The topological polar surface area (TPSA) is 86.0 Å². The largest absolute Gasteiger partial charge is 0.381 e. The number of ketones is 1. The molecule has 1 aromatic carbocycles. The van der Waals surface area contributed by atoms with Gasteiger partial charge in [-0.1, -0.05) is 11.3 Å². The zero-order valence-corrected chi connectivity index (χ0v) is 16.2. The molecular formula is C20H24N6O2. The number of carbonyl (C=O) groups is 1. The number of benzene rings is 1. The molecule has 1 aliphatic heterocycles. The Morgan fingerprint density at radius 3 is 2.71 bits per heavy atom. The van der Waals surface area contributed by atoms with E-state index in [0.29, 0.717) is 24.8 Å². The second-order valence-electron chi connectivity index (χ2n) is 7.31. The number of ether oxygens (including phenoxy) is 1. The van der Waals surface area contributed by atoms with Crippen LogP contribution < -0.4 is 0 Å². The molecule has 1 fully saturated rings. The van der Waals surface area contributed by atoms with E-state index in [2.05, 4.69) is 25.4 Å². The lowest BCUT2D eigenvalue weighted by atomic mass is 10.1. The first-order valence-corrected chi connectivity index (χ1v) is 9.50. The molecule has 28 heavy (non-hydrogen) atoms. The highest BCUT2D eigenvalue weighted by molar-refractivity contribution is 5.86. The normalized spacial score (nSPS) is 15.9. The highest BCUT2D eigenvalue weighted by atomic mass is 16.5. The van der Waals surface area contributed by atoms with Crippen molar-refractivity contribution < 1.29 is 9.53 Å². The molecule has 2 aromatic heterocycles. The zero-order valence-electron chi connectivity index (χ0n) is 16.2. The Hall–Kier alpha value is -2.71. The molecule has 3 aromatic rings. The number of carbonyl (C=O) groups excluding carboxylic acids is 1. The molecule has 146 valence electrons. The number of hydrogen-bond acceptors (Lipinski definition) is 7. The Balaban J connectivity index is 1.44. The summed E-state index contributed by atoms with van der Waals surface area (Å²) in [5, 5.41) is 17.6. The van der Waals surface area contributed by atoms with Crippen LogP contribution in [0.5, 0.6) is 0 Å². The number of aryl methyl sites for hydroxylation is 1. The van der Waals surface area contributed by atoms with Gasteiger partial charge in [-0.15, -0.1) is 5.10 Å². The maximum Gasteiger partial charge on any atom is 0.152 e. The molecule has 1 aliphatic rings. The summed E-state index contributed by atoms with van der Waals surface area (Å²) in [6.07, 6.45) is 4.44. The van der Waals surface area contributed by atoms with Crippen LogP contribution >= 0.6 is 0 Å². The van der Waals surface area contributed by atoms with E-state index in [-0.39, 0.29) is 5.78 Å². The first-order chi connectivity index (χ1) is 13.6. The van der Waals surface area contributed by atoms with E-state index in [1.165, 1.54) is 0 Å². The van der Waals surface area contributed by atoms with Gasteiger partial charge in [0.15, 0.2) is 5.78 Å². The van der Waals surface area contributed by atoms with Crippen LogP contribution in [0.4, 0.5) is 0 Å². The molecule has 0 amide bonds. The number of nitrogens with zero attached hydrogens (tertiary/aromatic N) is 6. The smallest absolute Gasteiger partial charge is 0.152 e. The van der Waals surface area contributed by atoms with Gasteiger partial charge in [0.2, 0.25) is 0 Å². The van der Waals surface area contributed by atoms with Crippen LogP contribution in [0.25, 0.3) is 22.2 Å². The van der Waals surface area contributed by atoms with Crippen LogP contribution in [0.1, 0.15) is 18.5 Å². The molecule has 0 atom stereocenters. The highest BCUT2D eigenvalue weighted by Crippen LogP contribution is 2.22. The predicted molar refractivity (Wildman–Crippen MR) is 105 cm³/mol. The van der Waals surface area contributed by atoms with Crippen molar-refractivity contribution in [2.24, 2.45) is 7.05 Å². The summed E-state index contributed by atoms with van der Waals surface area (Å²) in [7, 11) is 3.59. The van der Waals surface area contributed by atoms with Gasteiger partial charge in [-0.05, 0) is 31.0 Å². The van der Waals surface area contributed by atoms with Crippen molar-refractivity contribution in [1.82, 2.24) is 30.1 Å². The van der Waals surface area contributed by atoms with Crippen molar-refractivity contribution in [1.29, 1.82) is 0 Å². The van der Waals surface area contributed by atoms with Crippen LogP contribution in [0.3, 0.4) is 0 Å². The third-order valence-electron chi connectivity index (χ3n) is 5.18. The second kappa shape index (κ2) is 8.12. The van der Waals surface area contributed by atoms with Gasteiger partial charge in [-0.25, -0.2) is 0 Å². The van der Waals surface area contributed by atoms with Crippen molar-refractivity contribution in [3.63, 3.8) is 0 Å². The zero-order chi connectivity index (χ0) is 19.5. The van der Waals surface area contributed by atoms with Crippen molar-refractivity contribution in [2.45, 2.75) is 25.4 Å². The van der Waals surface area contributed by atoms with Crippen LogP contribution in [-0.4, -0.2) is 68.7 Å². The summed E-state index contributed by atoms with van der Waals surface area (Å²) in [6.45, 7) is 2.25. The minimum atomic E-state index is 0.162. The first-order valence-electron chi connectivity index (χ1n) is 9.50. The van der Waals surface area contributed by atoms with Crippen molar-refractivity contribution >= 4 is 16.7 Å². The molecule has 0 bridgehead atoms. The fourth-order valence-corrected chi connectivity index (χ4v) is 3.62. The molecule has 0 radical (unpaired) electrons. The minimum absolute atomic E-state index is 0.162. The third kappa shape index (κ3) is 4.23. The van der Waals surface area contributed by atoms with Gasteiger partial charge in [-0.2, -0.15) is 10.2 Å². The molecule has 0 aliphatic carbocycles. The van der Waals surface area contributed by atoms with Gasteiger partial charge in [-0.3, -0.25) is 14.4 Å². The van der Waals surface area contributed by atoms with Gasteiger partial charge >= 0.3 is 0 Å². The van der Waals surface area contributed by atoms with Crippen molar-refractivity contribution in [3.05, 3.63) is 36.2 Å². The number of methoxy groups -OCH3 is 1. The number of Topliss-reactive ketones (excluding diaryl/α,β-unsaturated/α-hetero) is 1. The molecule has 0 unspecified atom stereocenters. The summed E-state index contributed by atoms with van der Waals surface area (Å²) >= 11 is 0. The van der Waals surface area contributed by atoms with E-state index >= 15 is 0 Å². The quantitative estimate of drug-likeness (QED) is 0.643. The molecule has 1 saturated heterocycles. The van der Waals surface area contributed by atoms with Crippen molar-refractivity contribution in [2.75, 3.05) is 26.7 Å². The monoisotopic (exact) mass is 380 g/mol. The lowest BCUT2D eigenvalue weighted by molar-refractivity contribution is -0.120. The fourth-order valence-electron chi connectivity index (χ4n) is 3.62. The summed E-state index contributed by atoms with van der Waals surface area (Å²) in [5.41, 5.74) is 3.26. The fraction of sp³-hybridized carbons (Fsp3) is 0.450. The molecule has 3 heterocycles. The predicted octanol–water partition coefficient (Wildman–Crippen LogP) is 1.65. The first kappa shape index (κ1) is 18.6. The molecular weight excluding hydrogens is 356 g/mol. The van der Waals surface area contributed by atoms with Crippen LogP contribution in [-0.2, 0) is 23.0 Å². The number of rotatable bonds is 6. The van der Waals surface area contributed by atoms with Gasteiger partial charge < -0.3 is 4.74 Å². The Kier molecular flexibility index (Phi) is 5.40. The van der Waals surface area contributed by atoms with E-state index in [9.17, 15) is 4.79 Å². The lowest BCUT2D eigenvalue weighted by Gasteiger charge is -2.30. The molecule has 8 heteroatoms. The summed E-state index contributed by atoms with van der Waals surface area (Å²) in [4.78, 5) is 14.7. The van der Waals surface area contributed by atoms with E-state index < -0.39 is 0 Å². The van der Waals surface area contributed by atoms with Crippen LogP contribution in [0, 0.1) is 0 Å². The number of hydrogen-bond donors (Lipinski definition) is 0. The number of aromatic nitrogens is 5. The van der Waals surface area contributed by atoms with Crippen molar-refractivity contribution in [3.8, 4) is 11.3 Å². The number of fused-ring (bicyclic) bond motifs is 1. The standard InChI is InChI=1S/C20H24N6O2/c1-25-13-20(23-24-25)14-3-4-19-15(9-14)10-16(21-22-19)11-17(27)12-26-7-5-18(28-2)6-8-26/h3-4,9-10,13,18H,5-8,11-12H2,1-2H3. The average Bonchev–Trinajstić information content (AvgIpc) is 3.14. The molecule has 0 spiro atoms. The summed E-state index contributed by atoms with van der Waals surface area (Å²) in [5.74, 6) is 0.162. The van der Waals surface area contributed by atoms with E-state index in [4.69, 9.17) is 4.74 Å². The van der Waals surface area contributed by atoms with Gasteiger partial charge in [0, 0.05) is 38.2 Å². The van der Waals surface area contributed by atoms with Gasteiger partial charge in [0.25, 0.3) is 0 Å². The summed E-state index contributed by atoms with van der Waals surface area (Å²) in [6, 6.07) is 7.82. The second-order valence-corrected chi connectivity index (χ2v) is 7.31. The average molecular weight is 380 g/mol. The molecule has 0 N–H and O–H groups in total. The van der Waals surface area contributed by atoms with E-state index in [1.54, 1.807) is 11.8 Å².